The fraction of sp³-hybridized carbons (Fsp3) is 0.300. The van der Waals surface area contributed by atoms with Gasteiger partial charge in [-0.25, -0.2) is 4.98 Å². The predicted octanol–water partition coefficient (Wildman–Crippen LogP) is 4.54. The number of benzene rings is 1. The van der Waals surface area contributed by atoms with Crippen LogP contribution in [-0.4, -0.2) is 30.1 Å². The van der Waals surface area contributed by atoms with Gasteiger partial charge in [-0.1, -0.05) is 29.8 Å². The summed E-state index contributed by atoms with van der Waals surface area (Å²) in [6.07, 6.45) is 3.54. The number of amides is 1. The molecule has 0 bridgehead atoms. The summed E-state index contributed by atoms with van der Waals surface area (Å²) in [5.74, 6) is 0.130. The van der Waals surface area contributed by atoms with E-state index >= 15 is 0 Å². The first-order valence-corrected chi connectivity index (χ1v) is 9.58. The van der Waals surface area contributed by atoms with E-state index in [-0.39, 0.29) is 12.0 Å². The topological polar surface area (TPSA) is 55.6 Å². The van der Waals surface area contributed by atoms with Gasteiger partial charge in [0.2, 0.25) is 0 Å². The molecule has 134 valence electrons. The van der Waals surface area contributed by atoms with E-state index in [4.69, 9.17) is 14.1 Å². The Morgan fingerprint density at radius 1 is 1.31 bits per heavy atom. The fourth-order valence-electron chi connectivity index (χ4n) is 3.02. The summed E-state index contributed by atoms with van der Waals surface area (Å²) in [4.78, 5) is 19.3. The van der Waals surface area contributed by atoms with Gasteiger partial charge in [-0.05, 0) is 31.9 Å². The minimum Gasteiger partial charge on any atom is -0.459 e. The zero-order valence-electron chi connectivity index (χ0n) is 14.6. The summed E-state index contributed by atoms with van der Waals surface area (Å²) in [6, 6.07) is 11.6. The number of carbonyl (C=O) groups is 1. The molecule has 4 rings (SSSR count). The number of ether oxygens (including phenoxy) is 1. The molecule has 6 heteroatoms. The Balaban J connectivity index is 1.62. The van der Waals surface area contributed by atoms with Crippen molar-refractivity contribution in [2.45, 2.75) is 25.9 Å². The summed E-state index contributed by atoms with van der Waals surface area (Å²) in [7, 11) is 0. The maximum atomic E-state index is 12.9. The highest BCUT2D eigenvalue weighted by Gasteiger charge is 2.28. The van der Waals surface area contributed by atoms with Crippen molar-refractivity contribution in [1.82, 2.24) is 4.98 Å². The third-order valence-corrected chi connectivity index (χ3v) is 5.32. The molecule has 0 spiro atoms. The van der Waals surface area contributed by atoms with Crippen molar-refractivity contribution in [1.29, 1.82) is 0 Å². The van der Waals surface area contributed by atoms with Gasteiger partial charge in [0.25, 0.3) is 5.91 Å². The molecule has 0 saturated carbocycles. The Kier molecular flexibility index (Phi) is 4.86. The van der Waals surface area contributed by atoms with Crippen molar-refractivity contribution >= 4 is 22.4 Å². The molecule has 1 aromatic carbocycles. The van der Waals surface area contributed by atoms with Crippen molar-refractivity contribution in [3.8, 4) is 11.3 Å². The number of furan rings is 1. The van der Waals surface area contributed by atoms with Crippen LogP contribution in [0.4, 0.5) is 5.13 Å². The van der Waals surface area contributed by atoms with Crippen LogP contribution in [0.2, 0.25) is 0 Å². The van der Waals surface area contributed by atoms with Crippen LogP contribution in [0.5, 0.6) is 0 Å². The maximum Gasteiger partial charge on any atom is 0.295 e. The molecule has 1 saturated heterocycles. The Bertz CT molecular complexity index is 865. The van der Waals surface area contributed by atoms with E-state index in [2.05, 4.69) is 19.1 Å². The van der Waals surface area contributed by atoms with Crippen LogP contribution < -0.4 is 4.90 Å². The summed E-state index contributed by atoms with van der Waals surface area (Å²) >= 11 is 1.46. The van der Waals surface area contributed by atoms with E-state index in [1.807, 2.05) is 17.5 Å². The Hall–Kier alpha value is -2.44. The Morgan fingerprint density at radius 3 is 2.85 bits per heavy atom. The number of carbonyl (C=O) groups excluding carboxylic acids is 1. The van der Waals surface area contributed by atoms with Crippen molar-refractivity contribution in [2.24, 2.45) is 0 Å². The molecule has 26 heavy (non-hydrogen) atoms. The zero-order valence-corrected chi connectivity index (χ0v) is 15.4. The second kappa shape index (κ2) is 7.43. The fourth-order valence-corrected chi connectivity index (χ4v) is 3.86. The minimum absolute atomic E-state index is 0.0423. The van der Waals surface area contributed by atoms with E-state index in [1.165, 1.54) is 23.2 Å². The third kappa shape index (κ3) is 3.57. The van der Waals surface area contributed by atoms with E-state index < -0.39 is 0 Å². The van der Waals surface area contributed by atoms with Gasteiger partial charge < -0.3 is 9.15 Å². The van der Waals surface area contributed by atoms with Crippen LogP contribution >= 0.6 is 11.3 Å². The lowest BCUT2D eigenvalue weighted by atomic mass is 10.1. The molecule has 1 aliphatic heterocycles. The van der Waals surface area contributed by atoms with Gasteiger partial charge in [-0.3, -0.25) is 9.69 Å². The van der Waals surface area contributed by atoms with Gasteiger partial charge in [0.1, 0.15) is 0 Å². The SMILES string of the molecule is Cc1ccc(-c2csc(N(C[C@H]3CCCO3)C(=O)c3ccco3)n2)cc1. The van der Waals surface area contributed by atoms with Gasteiger partial charge in [-0.15, -0.1) is 11.3 Å². The number of nitrogens with zero attached hydrogens (tertiary/aromatic N) is 2. The van der Waals surface area contributed by atoms with Crippen LogP contribution in [0.1, 0.15) is 29.0 Å². The van der Waals surface area contributed by atoms with Crippen molar-refractivity contribution in [2.75, 3.05) is 18.1 Å². The largest absolute Gasteiger partial charge is 0.459 e. The lowest BCUT2D eigenvalue weighted by Crippen LogP contribution is -2.37. The molecule has 0 N–H and O–H groups in total. The number of hydrogen-bond donors (Lipinski definition) is 0. The summed E-state index contributed by atoms with van der Waals surface area (Å²) in [5.41, 5.74) is 3.12. The molecule has 1 amide bonds. The van der Waals surface area contributed by atoms with Gasteiger partial charge in [0.05, 0.1) is 24.6 Å². The van der Waals surface area contributed by atoms with E-state index in [9.17, 15) is 4.79 Å². The van der Waals surface area contributed by atoms with Gasteiger partial charge in [-0.2, -0.15) is 0 Å². The van der Waals surface area contributed by atoms with Gasteiger partial charge in [0, 0.05) is 17.6 Å². The first-order chi connectivity index (χ1) is 12.7. The van der Waals surface area contributed by atoms with Gasteiger partial charge in [0.15, 0.2) is 10.9 Å². The number of hydrogen-bond acceptors (Lipinski definition) is 5. The lowest BCUT2D eigenvalue weighted by molar-refractivity contribution is 0.0895. The van der Waals surface area contributed by atoms with Crippen molar-refractivity contribution in [3.63, 3.8) is 0 Å². The Morgan fingerprint density at radius 2 is 2.15 bits per heavy atom. The number of aromatic nitrogens is 1. The molecule has 5 nitrogen and oxygen atoms in total. The highest BCUT2D eigenvalue weighted by Crippen LogP contribution is 2.30. The van der Waals surface area contributed by atoms with E-state index in [0.29, 0.717) is 17.4 Å². The summed E-state index contributed by atoms with van der Waals surface area (Å²) < 4.78 is 11.0. The normalized spacial score (nSPS) is 16.7. The highest BCUT2D eigenvalue weighted by atomic mass is 32.1. The van der Waals surface area contributed by atoms with Crippen LogP contribution in [0, 0.1) is 6.92 Å². The molecule has 0 aliphatic carbocycles. The number of rotatable bonds is 5. The van der Waals surface area contributed by atoms with Crippen LogP contribution in [0.25, 0.3) is 11.3 Å². The number of anilines is 1. The number of aryl methyl sites for hydroxylation is 1. The second-order valence-corrected chi connectivity index (χ2v) is 7.25. The van der Waals surface area contributed by atoms with E-state index in [0.717, 1.165) is 30.7 Å². The second-order valence-electron chi connectivity index (χ2n) is 6.41. The molecule has 1 atom stereocenters. The van der Waals surface area contributed by atoms with Crippen LogP contribution in [0.3, 0.4) is 0 Å². The molecule has 3 heterocycles. The first-order valence-electron chi connectivity index (χ1n) is 8.70. The summed E-state index contributed by atoms with van der Waals surface area (Å²) in [6.45, 7) is 3.29. The standard InChI is InChI=1S/C20H20N2O3S/c1-14-6-8-15(9-7-14)17-13-26-20(21-17)22(12-16-4-2-10-24-16)19(23)18-5-3-11-25-18/h3,5-9,11,13,16H,2,4,10,12H2,1H3/t16-/m1/s1. The minimum atomic E-state index is -0.185. The highest BCUT2D eigenvalue weighted by molar-refractivity contribution is 7.14. The van der Waals surface area contributed by atoms with E-state index in [1.54, 1.807) is 17.0 Å². The molecule has 2 aromatic heterocycles. The molecular formula is C20H20N2O3S. The summed E-state index contributed by atoms with van der Waals surface area (Å²) in [5, 5.41) is 2.65. The Labute approximate surface area is 156 Å². The molecule has 3 aromatic rings. The smallest absolute Gasteiger partial charge is 0.295 e. The van der Waals surface area contributed by atoms with Crippen LogP contribution in [0.15, 0.2) is 52.5 Å². The molecule has 0 unspecified atom stereocenters. The monoisotopic (exact) mass is 368 g/mol. The first kappa shape index (κ1) is 17.0. The molecule has 0 radical (unpaired) electrons. The van der Waals surface area contributed by atoms with Crippen molar-refractivity contribution in [3.05, 3.63) is 59.4 Å². The lowest BCUT2D eigenvalue weighted by Gasteiger charge is -2.22. The predicted molar refractivity (Wildman–Crippen MR) is 102 cm³/mol. The average Bonchev–Trinajstić information content (AvgIpc) is 3.42. The molecular weight excluding hydrogens is 348 g/mol. The van der Waals surface area contributed by atoms with Crippen molar-refractivity contribution < 1.29 is 13.9 Å². The average molecular weight is 368 g/mol. The zero-order chi connectivity index (χ0) is 17.9. The molecule has 1 fully saturated rings. The third-order valence-electron chi connectivity index (χ3n) is 4.46. The quantitative estimate of drug-likeness (QED) is 0.663. The number of thiazole rings is 1. The van der Waals surface area contributed by atoms with Crippen LogP contribution in [-0.2, 0) is 4.74 Å². The molecule has 1 aliphatic rings. The van der Waals surface area contributed by atoms with Gasteiger partial charge >= 0.3 is 0 Å². The maximum absolute atomic E-state index is 12.9.